The van der Waals surface area contributed by atoms with Gasteiger partial charge in [0, 0.05) is 25.1 Å². The molecule has 41 heavy (non-hydrogen) atoms. The standard InChI is InChI=1S/C33H34N2O6/c1-3-38-32(36)29-22-35(33(37)40-28-12-8-5-9-13-28)21-26(29)20-24-14-16-27(17-15-24)39-19-18-30-23(2)34-31(41-30)25-10-6-4-7-11-25/h4-17,26,29H,3,18-22H2,1-2H3/t26-,29+/m1/s1. The number of esters is 1. The van der Waals surface area contributed by atoms with Crippen LogP contribution in [0.25, 0.3) is 11.5 Å². The van der Waals surface area contributed by atoms with Crippen molar-refractivity contribution in [3.05, 3.63) is 102 Å². The Kier molecular flexibility index (Phi) is 8.98. The Morgan fingerprint density at radius 3 is 2.34 bits per heavy atom. The van der Waals surface area contributed by atoms with Gasteiger partial charge in [-0.05, 0) is 68.1 Å². The summed E-state index contributed by atoms with van der Waals surface area (Å²) in [5, 5.41) is 0. The zero-order chi connectivity index (χ0) is 28.6. The molecule has 0 saturated carbocycles. The molecule has 1 saturated heterocycles. The average molecular weight is 555 g/mol. The van der Waals surface area contributed by atoms with Crippen molar-refractivity contribution >= 4 is 12.1 Å². The van der Waals surface area contributed by atoms with Crippen LogP contribution in [0.4, 0.5) is 4.79 Å². The fourth-order valence-electron chi connectivity index (χ4n) is 5.05. The van der Waals surface area contributed by atoms with E-state index in [1.54, 1.807) is 36.1 Å². The van der Waals surface area contributed by atoms with Gasteiger partial charge in [-0.25, -0.2) is 9.78 Å². The van der Waals surface area contributed by atoms with Crippen LogP contribution in [0.3, 0.4) is 0 Å². The van der Waals surface area contributed by atoms with E-state index < -0.39 is 12.0 Å². The lowest BCUT2D eigenvalue weighted by Crippen LogP contribution is -2.32. The van der Waals surface area contributed by atoms with Gasteiger partial charge in [-0.1, -0.05) is 48.5 Å². The Hall–Kier alpha value is -4.59. The molecular formula is C33H34N2O6. The molecule has 1 aliphatic heterocycles. The zero-order valence-electron chi connectivity index (χ0n) is 23.3. The van der Waals surface area contributed by atoms with Gasteiger partial charge in [0.15, 0.2) is 0 Å². The summed E-state index contributed by atoms with van der Waals surface area (Å²) in [6, 6.07) is 26.6. The van der Waals surface area contributed by atoms with E-state index in [0.717, 1.165) is 28.3 Å². The second-order valence-corrected chi connectivity index (χ2v) is 10.0. The minimum absolute atomic E-state index is 0.0858. The van der Waals surface area contributed by atoms with Gasteiger partial charge in [0.1, 0.15) is 17.3 Å². The quantitative estimate of drug-likeness (QED) is 0.218. The number of amides is 1. The van der Waals surface area contributed by atoms with Crippen LogP contribution in [0, 0.1) is 18.8 Å². The van der Waals surface area contributed by atoms with Crippen molar-refractivity contribution in [3.63, 3.8) is 0 Å². The number of carbonyl (C=O) groups is 2. The van der Waals surface area contributed by atoms with Crippen LogP contribution >= 0.6 is 0 Å². The van der Waals surface area contributed by atoms with Crippen LogP contribution in [-0.4, -0.2) is 48.2 Å². The average Bonchev–Trinajstić information content (AvgIpc) is 3.59. The zero-order valence-corrected chi connectivity index (χ0v) is 23.3. The number of ether oxygens (including phenoxy) is 3. The summed E-state index contributed by atoms with van der Waals surface area (Å²) in [5.41, 5.74) is 2.85. The molecule has 2 atom stereocenters. The number of hydrogen-bond donors (Lipinski definition) is 0. The van der Waals surface area contributed by atoms with Gasteiger partial charge < -0.3 is 23.5 Å². The van der Waals surface area contributed by atoms with Crippen LogP contribution in [-0.2, 0) is 22.4 Å². The maximum absolute atomic E-state index is 12.8. The van der Waals surface area contributed by atoms with Crippen LogP contribution in [0.15, 0.2) is 89.3 Å². The Bertz CT molecular complexity index is 1440. The summed E-state index contributed by atoms with van der Waals surface area (Å²) in [7, 11) is 0. The number of rotatable bonds is 10. The van der Waals surface area contributed by atoms with Crippen LogP contribution < -0.4 is 9.47 Å². The molecule has 1 fully saturated rings. The molecule has 0 bridgehead atoms. The topological polar surface area (TPSA) is 91.1 Å². The molecule has 3 aromatic carbocycles. The molecule has 2 heterocycles. The second kappa shape index (κ2) is 13.2. The van der Waals surface area contributed by atoms with Crippen LogP contribution in [0.1, 0.15) is 23.9 Å². The molecule has 1 aromatic heterocycles. The largest absolute Gasteiger partial charge is 0.493 e. The van der Waals surface area contributed by atoms with Crippen molar-refractivity contribution < 1.29 is 28.2 Å². The number of benzene rings is 3. The van der Waals surface area contributed by atoms with E-state index in [1.807, 2.05) is 67.6 Å². The molecule has 0 unspecified atom stereocenters. The van der Waals surface area contributed by atoms with Crippen LogP contribution in [0.5, 0.6) is 11.5 Å². The van der Waals surface area contributed by atoms with E-state index in [1.165, 1.54) is 0 Å². The van der Waals surface area contributed by atoms with Crippen molar-refractivity contribution in [1.82, 2.24) is 9.88 Å². The third-order valence-corrected chi connectivity index (χ3v) is 7.17. The highest BCUT2D eigenvalue weighted by molar-refractivity contribution is 5.77. The number of para-hydroxylation sites is 1. The lowest BCUT2D eigenvalue weighted by molar-refractivity contribution is -0.148. The predicted molar refractivity (Wildman–Crippen MR) is 154 cm³/mol. The minimum Gasteiger partial charge on any atom is -0.493 e. The molecule has 1 aliphatic rings. The van der Waals surface area contributed by atoms with Gasteiger partial charge in [-0.2, -0.15) is 0 Å². The van der Waals surface area contributed by atoms with Gasteiger partial charge in [0.2, 0.25) is 5.89 Å². The van der Waals surface area contributed by atoms with Crippen molar-refractivity contribution in [2.24, 2.45) is 11.8 Å². The highest BCUT2D eigenvalue weighted by atomic mass is 16.6. The van der Waals surface area contributed by atoms with Gasteiger partial charge in [-0.3, -0.25) is 4.79 Å². The number of aromatic nitrogens is 1. The second-order valence-electron chi connectivity index (χ2n) is 10.0. The summed E-state index contributed by atoms with van der Waals surface area (Å²) in [6.07, 6.45) is 0.763. The predicted octanol–water partition coefficient (Wildman–Crippen LogP) is 6.12. The van der Waals surface area contributed by atoms with Gasteiger partial charge in [0.05, 0.1) is 24.8 Å². The lowest BCUT2D eigenvalue weighted by atomic mass is 9.90. The third-order valence-electron chi connectivity index (χ3n) is 7.17. The fourth-order valence-corrected chi connectivity index (χ4v) is 5.05. The number of carbonyl (C=O) groups excluding carboxylic acids is 2. The number of oxazole rings is 1. The summed E-state index contributed by atoms with van der Waals surface area (Å²) in [5.74, 6) is 1.85. The summed E-state index contributed by atoms with van der Waals surface area (Å²) in [6.45, 7) is 5.15. The van der Waals surface area contributed by atoms with E-state index in [2.05, 4.69) is 4.98 Å². The van der Waals surface area contributed by atoms with Gasteiger partial charge in [-0.15, -0.1) is 0 Å². The maximum Gasteiger partial charge on any atom is 0.415 e. The molecule has 212 valence electrons. The normalized spacial score (nSPS) is 16.4. The van der Waals surface area contributed by atoms with Gasteiger partial charge >= 0.3 is 12.1 Å². The van der Waals surface area contributed by atoms with E-state index >= 15 is 0 Å². The first-order valence-corrected chi connectivity index (χ1v) is 13.9. The first kappa shape index (κ1) is 28.0. The molecule has 8 nitrogen and oxygen atoms in total. The smallest absolute Gasteiger partial charge is 0.415 e. The first-order chi connectivity index (χ1) is 20.0. The van der Waals surface area contributed by atoms with Gasteiger partial charge in [0.25, 0.3) is 0 Å². The van der Waals surface area contributed by atoms with Crippen molar-refractivity contribution in [2.75, 3.05) is 26.3 Å². The van der Waals surface area contributed by atoms with E-state index in [4.69, 9.17) is 18.6 Å². The molecule has 0 N–H and O–H groups in total. The SMILES string of the molecule is CCOC(=O)[C@H]1CN(C(=O)Oc2ccccc2)C[C@H]1Cc1ccc(OCCc2oc(-c3ccccc3)nc2C)cc1. The molecule has 4 aromatic rings. The lowest BCUT2D eigenvalue weighted by Gasteiger charge is -2.17. The molecule has 1 amide bonds. The van der Waals surface area contributed by atoms with E-state index in [0.29, 0.717) is 44.2 Å². The molecule has 0 radical (unpaired) electrons. The maximum atomic E-state index is 12.8. The number of aryl methyl sites for hydroxylation is 1. The molecule has 5 rings (SSSR count). The van der Waals surface area contributed by atoms with Crippen molar-refractivity contribution in [1.29, 1.82) is 0 Å². The van der Waals surface area contributed by atoms with Crippen molar-refractivity contribution in [2.45, 2.75) is 26.7 Å². The minimum atomic E-state index is -0.463. The summed E-state index contributed by atoms with van der Waals surface area (Å²) < 4.78 is 22.8. The summed E-state index contributed by atoms with van der Waals surface area (Å²) >= 11 is 0. The van der Waals surface area contributed by atoms with Crippen molar-refractivity contribution in [3.8, 4) is 23.0 Å². The number of likely N-dealkylation sites (tertiary alicyclic amines) is 1. The molecule has 0 aliphatic carbocycles. The summed E-state index contributed by atoms with van der Waals surface area (Å²) in [4.78, 5) is 31.7. The highest BCUT2D eigenvalue weighted by Gasteiger charge is 2.41. The van der Waals surface area contributed by atoms with Crippen LogP contribution in [0.2, 0.25) is 0 Å². The monoisotopic (exact) mass is 554 g/mol. The Labute approximate surface area is 239 Å². The van der Waals surface area contributed by atoms with E-state index in [-0.39, 0.29) is 18.4 Å². The van der Waals surface area contributed by atoms with E-state index in [9.17, 15) is 9.59 Å². The number of nitrogens with zero attached hydrogens (tertiary/aromatic N) is 2. The molecule has 0 spiro atoms. The fraction of sp³-hybridized carbons (Fsp3) is 0.303. The molecular weight excluding hydrogens is 520 g/mol. The Balaban J connectivity index is 1.16. The Morgan fingerprint density at radius 1 is 0.927 bits per heavy atom. The first-order valence-electron chi connectivity index (χ1n) is 13.9. The number of hydrogen-bond acceptors (Lipinski definition) is 7. The Morgan fingerprint density at radius 2 is 1.63 bits per heavy atom. The highest BCUT2D eigenvalue weighted by Crippen LogP contribution is 2.30. The third kappa shape index (κ3) is 7.14. The molecule has 8 heteroatoms.